The maximum atomic E-state index is 9.48. The standard InChI is InChI=1S/C36H50O.C4H6O2.CH4O.CH2O/c1-6-8-9-10-31-19-21-36-26-33(20-22-35(36)25-31)17-14-30-12-15-32(16-13-30)24-29(7-2)11-18-34(27-37-5)23-28(3)4;1-4(2-5)3-6;2*1-2/h12-13,15-16,19-22,25-26,29,34H,3,6-11,14,17-18,23-24,27H2,1-2,4-5H3;2,6H,1,3H2;2H,1H3;1H2. The summed E-state index contributed by atoms with van der Waals surface area (Å²) in [5, 5.41) is 17.7. The lowest BCUT2D eigenvalue weighted by Crippen LogP contribution is -2.12. The molecule has 3 aromatic rings. The van der Waals surface area contributed by atoms with Crippen molar-refractivity contribution < 1.29 is 24.5 Å². The van der Waals surface area contributed by atoms with E-state index in [1.807, 2.05) is 13.9 Å². The Balaban J connectivity index is 0.00000187. The molecule has 260 valence electrons. The molecule has 0 heterocycles. The molecule has 0 fully saturated rings. The van der Waals surface area contributed by atoms with Crippen molar-refractivity contribution in [1.82, 2.24) is 0 Å². The molecule has 2 unspecified atom stereocenters. The Bertz CT molecular complexity index is 1260. The van der Waals surface area contributed by atoms with Crippen LogP contribution in [0, 0.1) is 11.8 Å². The van der Waals surface area contributed by atoms with Gasteiger partial charge in [0.15, 0.2) is 0 Å². The zero-order valence-corrected chi connectivity index (χ0v) is 29.9. The smallest absolute Gasteiger partial charge is 0.147 e. The fraction of sp³-hybridized carbons (Fsp3) is 0.476. The summed E-state index contributed by atoms with van der Waals surface area (Å²) in [5.74, 6) is 1.34. The van der Waals surface area contributed by atoms with E-state index in [1.54, 1.807) is 0 Å². The molecule has 2 atom stereocenters. The summed E-state index contributed by atoms with van der Waals surface area (Å²) in [7, 11) is 2.81. The van der Waals surface area contributed by atoms with Gasteiger partial charge < -0.3 is 19.7 Å². The highest BCUT2D eigenvalue weighted by molar-refractivity contribution is 5.83. The molecule has 2 N–H and O–H groups in total. The number of carbonyl (C=O) groups excluding carboxylic acids is 2. The first-order valence-electron chi connectivity index (χ1n) is 17.0. The predicted octanol–water partition coefficient (Wildman–Crippen LogP) is 9.09. The highest BCUT2D eigenvalue weighted by Crippen LogP contribution is 2.25. The number of carbonyl (C=O) groups is 2. The minimum absolute atomic E-state index is 0.218. The van der Waals surface area contributed by atoms with E-state index >= 15 is 0 Å². The predicted molar refractivity (Wildman–Crippen MR) is 200 cm³/mol. The van der Waals surface area contributed by atoms with Gasteiger partial charge in [0.2, 0.25) is 0 Å². The summed E-state index contributed by atoms with van der Waals surface area (Å²) < 4.78 is 5.46. The molecule has 0 aliphatic rings. The van der Waals surface area contributed by atoms with E-state index in [0.717, 1.165) is 38.9 Å². The van der Waals surface area contributed by atoms with Crippen molar-refractivity contribution in [3.63, 3.8) is 0 Å². The molecule has 0 aromatic heterocycles. The van der Waals surface area contributed by atoms with Crippen molar-refractivity contribution in [2.45, 2.75) is 91.4 Å². The minimum Gasteiger partial charge on any atom is -0.400 e. The van der Waals surface area contributed by atoms with Gasteiger partial charge in [0.1, 0.15) is 13.1 Å². The Morgan fingerprint density at radius 3 is 1.77 bits per heavy atom. The Morgan fingerprint density at radius 1 is 0.787 bits per heavy atom. The maximum absolute atomic E-state index is 9.48. The lowest BCUT2D eigenvalue weighted by molar-refractivity contribution is -0.105. The quantitative estimate of drug-likeness (QED) is 0.0588. The number of aliphatic hydroxyl groups is 2. The average Bonchev–Trinajstić information content (AvgIpc) is 3.11. The summed E-state index contributed by atoms with van der Waals surface area (Å²) in [6.07, 6.45) is 13.8. The summed E-state index contributed by atoms with van der Waals surface area (Å²) in [5.41, 5.74) is 7.29. The molecule has 47 heavy (non-hydrogen) atoms. The van der Waals surface area contributed by atoms with Crippen LogP contribution in [0.15, 0.2) is 85.0 Å². The fourth-order valence-corrected chi connectivity index (χ4v) is 5.63. The van der Waals surface area contributed by atoms with Gasteiger partial charge in [-0.25, -0.2) is 0 Å². The minimum atomic E-state index is -0.233. The second kappa shape index (κ2) is 27.7. The third kappa shape index (κ3) is 19.1. The first-order valence-corrected chi connectivity index (χ1v) is 17.0. The number of aryl methyl sites for hydroxylation is 3. The van der Waals surface area contributed by atoms with Gasteiger partial charge >= 0.3 is 0 Å². The molecule has 0 aliphatic heterocycles. The number of hydrogen-bond donors (Lipinski definition) is 2. The van der Waals surface area contributed by atoms with Crippen LogP contribution < -0.4 is 0 Å². The largest absolute Gasteiger partial charge is 0.400 e. The summed E-state index contributed by atoms with van der Waals surface area (Å²) in [4.78, 5) is 17.5. The van der Waals surface area contributed by atoms with Gasteiger partial charge in [0.05, 0.1) is 6.61 Å². The zero-order chi connectivity index (χ0) is 35.5. The number of rotatable bonds is 19. The average molecular weight is 647 g/mol. The van der Waals surface area contributed by atoms with Gasteiger partial charge in [-0.05, 0) is 103 Å². The second-order valence-electron chi connectivity index (χ2n) is 12.3. The lowest BCUT2D eigenvalue weighted by atomic mass is 9.87. The van der Waals surface area contributed by atoms with Crippen LogP contribution in [0.1, 0.15) is 88.0 Å². The number of benzene rings is 3. The Morgan fingerprint density at radius 2 is 1.30 bits per heavy atom. The van der Waals surface area contributed by atoms with E-state index in [1.165, 1.54) is 90.0 Å². The van der Waals surface area contributed by atoms with Crippen molar-refractivity contribution in [3.8, 4) is 0 Å². The van der Waals surface area contributed by atoms with E-state index in [0.29, 0.717) is 12.2 Å². The first kappa shape index (κ1) is 43.6. The summed E-state index contributed by atoms with van der Waals surface area (Å²) >= 11 is 0. The summed E-state index contributed by atoms with van der Waals surface area (Å²) in [6.45, 7) is 16.6. The normalized spacial score (nSPS) is 11.5. The number of fused-ring (bicyclic) bond motifs is 1. The van der Waals surface area contributed by atoms with E-state index in [-0.39, 0.29) is 12.2 Å². The van der Waals surface area contributed by atoms with Gasteiger partial charge in [-0.1, -0.05) is 106 Å². The molecule has 0 saturated heterocycles. The number of unbranched alkanes of at least 4 members (excludes halogenated alkanes) is 2. The zero-order valence-electron chi connectivity index (χ0n) is 29.9. The monoisotopic (exact) mass is 646 g/mol. The van der Waals surface area contributed by atoms with Gasteiger partial charge in [-0.15, -0.1) is 6.58 Å². The maximum Gasteiger partial charge on any atom is 0.147 e. The fourth-order valence-electron chi connectivity index (χ4n) is 5.63. The third-order valence-corrected chi connectivity index (χ3v) is 8.26. The van der Waals surface area contributed by atoms with Crippen LogP contribution in [-0.2, 0) is 40.0 Å². The number of hydrogen-bond acceptors (Lipinski definition) is 5. The molecule has 0 saturated carbocycles. The molecule has 5 nitrogen and oxygen atoms in total. The molecular weight excluding hydrogens is 584 g/mol. The van der Waals surface area contributed by atoms with Gasteiger partial charge in [-0.3, -0.25) is 4.79 Å². The third-order valence-electron chi connectivity index (χ3n) is 8.26. The Hall–Kier alpha value is -3.38. The van der Waals surface area contributed by atoms with Gasteiger partial charge in [0.25, 0.3) is 0 Å². The van der Waals surface area contributed by atoms with Crippen LogP contribution in [0.3, 0.4) is 0 Å². The van der Waals surface area contributed by atoms with Crippen LogP contribution in [0.5, 0.6) is 0 Å². The molecular formula is C42H62O5. The molecule has 3 aromatic carbocycles. The van der Waals surface area contributed by atoms with Crippen molar-refractivity contribution in [1.29, 1.82) is 0 Å². The van der Waals surface area contributed by atoms with Gasteiger partial charge in [-0.2, -0.15) is 0 Å². The number of aldehydes is 1. The molecule has 5 heteroatoms. The van der Waals surface area contributed by atoms with Crippen molar-refractivity contribution in [3.05, 3.63) is 107 Å². The first-order chi connectivity index (χ1) is 22.8. The van der Waals surface area contributed by atoms with E-state index in [4.69, 9.17) is 19.7 Å². The second-order valence-corrected chi connectivity index (χ2v) is 12.3. The lowest BCUT2D eigenvalue weighted by Gasteiger charge is -2.20. The van der Waals surface area contributed by atoms with Crippen LogP contribution >= 0.6 is 0 Å². The summed E-state index contributed by atoms with van der Waals surface area (Å²) in [6, 6.07) is 23.5. The molecule has 0 amide bonds. The van der Waals surface area contributed by atoms with Crippen molar-refractivity contribution in [2.75, 3.05) is 27.4 Å². The van der Waals surface area contributed by atoms with E-state index in [9.17, 15) is 4.79 Å². The Kier molecular flexibility index (Phi) is 25.7. The molecule has 0 spiro atoms. The van der Waals surface area contributed by atoms with E-state index in [2.05, 4.69) is 94.6 Å². The molecule has 0 radical (unpaired) electrons. The van der Waals surface area contributed by atoms with Crippen LogP contribution in [0.25, 0.3) is 10.8 Å². The molecule has 0 aliphatic carbocycles. The Labute approximate surface area is 285 Å². The van der Waals surface area contributed by atoms with Crippen molar-refractivity contribution >= 4 is 23.8 Å². The van der Waals surface area contributed by atoms with Crippen LogP contribution in [0.2, 0.25) is 0 Å². The number of methoxy groups -OCH3 is 1. The number of ether oxygens (including phenoxy) is 1. The van der Waals surface area contributed by atoms with Crippen LogP contribution in [-0.4, -0.2) is 50.7 Å². The van der Waals surface area contributed by atoms with Crippen molar-refractivity contribution in [2.24, 2.45) is 11.8 Å². The SMILES string of the molecule is C=C(C)CC(CCC(CC)Cc1ccc(CCc2ccc3cc(CCCCC)ccc3c2)cc1)COC.C=C(C=O)CO.C=O.CO. The van der Waals surface area contributed by atoms with Gasteiger partial charge in [0, 0.05) is 26.4 Å². The van der Waals surface area contributed by atoms with Crippen LogP contribution in [0.4, 0.5) is 0 Å². The number of allylic oxidation sites excluding steroid dienone is 1. The molecule has 0 bridgehead atoms. The highest BCUT2D eigenvalue weighted by atomic mass is 16.5. The topological polar surface area (TPSA) is 83.8 Å². The number of aliphatic hydroxyl groups excluding tert-OH is 2. The van der Waals surface area contributed by atoms with E-state index < -0.39 is 0 Å². The highest BCUT2D eigenvalue weighted by Gasteiger charge is 2.14. The molecule has 3 rings (SSSR count).